The minimum Gasteiger partial charge on any atom is -1.00 e. The molecule has 0 saturated heterocycles. The molecule has 0 spiro atoms. The molecule has 3 rings (SSSR count). The van der Waals surface area contributed by atoms with Crippen molar-refractivity contribution in [2.75, 3.05) is 0 Å². The summed E-state index contributed by atoms with van der Waals surface area (Å²) in [6, 6.07) is 18.7. The van der Waals surface area contributed by atoms with Crippen LogP contribution in [-0.4, -0.2) is 30.0 Å². The fourth-order valence-corrected chi connectivity index (χ4v) is 1.68. The minimum absolute atomic E-state index is 0. The van der Waals surface area contributed by atoms with E-state index in [1.54, 1.807) is 42.5 Å². The summed E-state index contributed by atoms with van der Waals surface area (Å²) < 4.78 is 24.8. The van der Waals surface area contributed by atoms with Gasteiger partial charge in [-0.3, -0.25) is 18.4 Å². The summed E-state index contributed by atoms with van der Waals surface area (Å²) >= 11 is 0. The van der Waals surface area contributed by atoms with Crippen LogP contribution in [0.4, 0.5) is 8.78 Å². The average molecular weight is 506 g/mol. The van der Waals surface area contributed by atoms with E-state index in [9.17, 15) is 18.4 Å². The van der Waals surface area contributed by atoms with Crippen LogP contribution in [0.2, 0.25) is 0 Å². The first-order valence-electron chi connectivity index (χ1n) is 7.76. The smallest absolute Gasteiger partial charge is 1.00 e. The molecule has 162 valence electrons. The number of nitrogens with one attached hydrogen (secondary N) is 2. The van der Waals surface area contributed by atoms with Gasteiger partial charge in [0.15, 0.2) is 12.6 Å². The molecule has 1 heterocycles. The maximum absolute atomic E-state index is 12.4. The Morgan fingerprint density at radius 3 is 1.39 bits per heavy atom. The summed E-state index contributed by atoms with van der Waals surface area (Å²) in [5.41, 5.74) is 0.976. The first kappa shape index (κ1) is 32.9. The third kappa shape index (κ3) is 12.5. The van der Waals surface area contributed by atoms with Gasteiger partial charge in [0.2, 0.25) is 0 Å². The summed E-state index contributed by atoms with van der Waals surface area (Å²) in [4.78, 5) is 23.9. The van der Waals surface area contributed by atoms with Gasteiger partial charge in [0.25, 0.3) is 0 Å². The topological polar surface area (TPSA) is 94.7 Å². The van der Waals surface area contributed by atoms with Crippen LogP contribution >= 0.6 is 0 Å². The van der Waals surface area contributed by atoms with E-state index < -0.39 is 11.6 Å². The normalized spacial score (nSPS) is 8.06. The number of aldehydes is 2. The number of hydrogen-bond acceptors (Lipinski definition) is 5. The van der Waals surface area contributed by atoms with E-state index in [-0.39, 0.29) is 64.4 Å². The summed E-state index contributed by atoms with van der Waals surface area (Å²) in [5.74, 6) is -0.792. The van der Waals surface area contributed by atoms with Crippen LogP contribution in [0, 0.1) is 34.6 Å². The zero-order valence-electron chi connectivity index (χ0n) is 15.6. The number of nitrogens with zero attached hydrogens (tertiary/aromatic N) is 1. The standard InChI is InChI=1S/2C7H5FN.C7H5NO2.2ClH.Fe/c2*8-7-4-2-1-3-6(7)5-9;9-4-6-2-1-3-7(5-10)8-6;;;/h2*1-2,4-5,9H;1-5H;2*1H;/q2*-1;;;;+4/p-2. The molecule has 0 unspecified atom stereocenters. The van der Waals surface area contributed by atoms with Crippen molar-refractivity contribution in [2.45, 2.75) is 0 Å². The Kier molecular flexibility index (Phi) is 20.4. The van der Waals surface area contributed by atoms with Crippen molar-refractivity contribution in [3.8, 4) is 0 Å². The van der Waals surface area contributed by atoms with Crippen molar-refractivity contribution in [3.05, 3.63) is 101 Å². The minimum atomic E-state index is -0.396. The Balaban J connectivity index is -0.000000362. The Hall–Kier alpha value is -2.77. The van der Waals surface area contributed by atoms with Gasteiger partial charge in [-0.1, -0.05) is 29.6 Å². The van der Waals surface area contributed by atoms with Crippen LogP contribution in [0.25, 0.3) is 0 Å². The molecule has 2 aromatic carbocycles. The summed E-state index contributed by atoms with van der Waals surface area (Å²) in [5, 5.41) is 13.4. The summed E-state index contributed by atoms with van der Waals surface area (Å²) in [7, 11) is 0. The quantitative estimate of drug-likeness (QED) is 0.185. The van der Waals surface area contributed by atoms with Gasteiger partial charge in [-0.15, -0.1) is 48.5 Å². The van der Waals surface area contributed by atoms with Crippen LogP contribution in [0.5, 0.6) is 0 Å². The number of carbonyl (C=O) groups is 2. The number of benzene rings is 2. The predicted molar refractivity (Wildman–Crippen MR) is 101 cm³/mol. The largest absolute Gasteiger partial charge is 4.00 e. The SMILES string of the molecule is N=Cc1[c-]cccc1F.N=Cc1[c-]cccc1F.O=Cc1cccc(C=O)n1.[Cl-].[Cl-].[Fe+4]. The molecule has 0 fully saturated rings. The van der Waals surface area contributed by atoms with Gasteiger partial charge in [-0.05, 0) is 12.1 Å². The average Bonchev–Trinajstić information content (AvgIpc) is 2.75. The maximum atomic E-state index is 12.4. The molecular formula is C21H15Cl2F2FeN3O2. The van der Waals surface area contributed by atoms with Gasteiger partial charge in [0.05, 0.1) is 0 Å². The van der Waals surface area contributed by atoms with Gasteiger partial charge in [0.1, 0.15) is 11.4 Å². The number of halogens is 4. The van der Waals surface area contributed by atoms with Crippen LogP contribution in [-0.2, 0) is 17.1 Å². The molecule has 0 amide bonds. The van der Waals surface area contributed by atoms with E-state index in [0.717, 1.165) is 12.4 Å². The maximum Gasteiger partial charge on any atom is 4.00 e. The molecule has 0 radical (unpaired) electrons. The van der Waals surface area contributed by atoms with E-state index in [4.69, 9.17) is 10.8 Å². The van der Waals surface area contributed by atoms with Crippen LogP contribution in [0.3, 0.4) is 0 Å². The van der Waals surface area contributed by atoms with Gasteiger partial charge < -0.3 is 35.6 Å². The molecule has 2 N–H and O–H groups in total. The Bertz CT molecular complexity index is 890. The molecule has 0 bridgehead atoms. The molecule has 0 aliphatic heterocycles. The molecule has 0 aliphatic carbocycles. The van der Waals surface area contributed by atoms with Crippen molar-refractivity contribution in [2.24, 2.45) is 0 Å². The second-order valence-corrected chi connectivity index (χ2v) is 4.88. The Labute approximate surface area is 201 Å². The van der Waals surface area contributed by atoms with Crippen molar-refractivity contribution in [3.63, 3.8) is 0 Å². The monoisotopic (exact) mass is 505 g/mol. The molecular weight excluding hydrogens is 491 g/mol. The van der Waals surface area contributed by atoms with Gasteiger partial charge in [0, 0.05) is 11.6 Å². The molecule has 3 aromatic rings. The second-order valence-electron chi connectivity index (χ2n) is 4.88. The molecule has 5 nitrogen and oxygen atoms in total. The zero-order valence-corrected chi connectivity index (χ0v) is 18.3. The van der Waals surface area contributed by atoms with E-state index >= 15 is 0 Å². The summed E-state index contributed by atoms with van der Waals surface area (Å²) in [6.45, 7) is 0. The van der Waals surface area contributed by atoms with E-state index in [1.165, 1.54) is 12.1 Å². The Morgan fingerprint density at radius 1 is 0.742 bits per heavy atom. The van der Waals surface area contributed by atoms with E-state index in [2.05, 4.69) is 17.1 Å². The summed E-state index contributed by atoms with van der Waals surface area (Å²) in [6.07, 6.45) is 3.09. The van der Waals surface area contributed by atoms with Gasteiger partial charge >= 0.3 is 17.1 Å². The number of carbonyl (C=O) groups excluding carboxylic acids is 2. The van der Waals surface area contributed by atoms with Crippen LogP contribution < -0.4 is 24.8 Å². The van der Waals surface area contributed by atoms with E-state index in [0.29, 0.717) is 12.6 Å². The van der Waals surface area contributed by atoms with Crippen molar-refractivity contribution in [1.82, 2.24) is 4.98 Å². The third-order valence-electron chi connectivity index (χ3n) is 2.99. The van der Waals surface area contributed by atoms with Crippen LogP contribution in [0.15, 0.2) is 54.6 Å². The van der Waals surface area contributed by atoms with Crippen molar-refractivity contribution in [1.29, 1.82) is 10.8 Å². The predicted octanol–water partition coefficient (Wildman–Crippen LogP) is -2.04. The third-order valence-corrected chi connectivity index (χ3v) is 2.99. The molecule has 10 heteroatoms. The zero-order chi connectivity index (χ0) is 20.8. The van der Waals surface area contributed by atoms with E-state index in [1.807, 2.05) is 0 Å². The molecule has 0 saturated carbocycles. The van der Waals surface area contributed by atoms with Crippen molar-refractivity contribution < 1.29 is 60.3 Å². The molecule has 31 heavy (non-hydrogen) atoms. The molecule has 1 aromatic heterocycles. The fraction of sp³-hybridized carbons (Fsp3) is 0. The van der Waals surface area contributed by atoms with Crippen LogP contribution in [0.1, 0.15) is 32.1 Å². The van der Waals surface area contributed by atoms with Crippen molar-refractivity contribution >= 4 is 25.0 Å². The molecule has 0 atom stereocenters. The number of pyridine rings is 1. The number of hydrogen-bond donors (Lipinski definition) is 2. The van der Waals surface area contributed by atoms with Gasteiger partial charge in [-0.2, -0.15) is 0 Å². The molecule has 0 aliphatic rings. The van der Waals surface area contributed by atoms with Gasteiger partial charge in [-0.25, -0.2) is 4.98 Å². The first-order valence-corrected chi connectivity index (χ1v) is 7.76. The number of rotatable bonds is 4. The Morgan fingerprint density at radius 2 is 1.13 bits per heavy atom. The fourth-order valence-electron chi connectivity index (χ4n) is 1.68. The second kappa shape index (κ2) is 19.2. The number of aromatic nitrogens is 1. The first-order chi connectivity index (χ1) is 13.5.